The van der Waals surface area contributed by atoms with Gasteiger partial charge in [-0.05, 0) is 127 Å². The van der Waals surface area contributed by atoms with Crippen molar-refractivity contribution in [3.8, 4) is 0 Å². The Morgan fingerprint density at radius 3 is 0.810 bits per heavy atom. The highest BCUT2D eigenvalue weighted by atomic mass is 16.7. The quantitative estimate of drug-likeness (QED) is 0.150. The minimum Gasteiger partial charge on any atom is -0.461 e. The van der Waals surface area contributed by atoms with E-state index in [2.05, 4.69) is 111 Å². The predicted octanol–water partition coefficient (Wildman–Crippen LogP) is 26.2. The average molecular weight is 1720 g/mol. The van der Waals surface area contributed by atoms with Crippen LogP contribution in [0.1, 0.15) is 435 Å². The number of ketones is 1. The summed E-state index contributed by atoms with van der Waals surface area (Å²) < 4.78 is 60.8. The standard InChI is InChI=1S/C104H194O17/c1-75-35-23-39-79(5)47-31-55-87(13)63-67-112-71-97(72-116-102-100(118-93(19)107)101(119-94(20)108)103(120-95(21)109)104(102,121-96(22)110)74-117-92(18)106)114-69-65-89(15)57-33-49-81(7)41-25-37-77(3)45-29-53-85(11)61-59-84(10)52-28-44-76(2)36-24-40-80(6)48-32-56-88(14)64-68-113-73-98(99(111)91(17)105)115-70-66-90(16)58-34-50-82(8)42-26-38-78(4)46-30-54-86(12)62-60-83(9)51-27-43-75/h75-90,97-103,111H,23-74H2,1-22H3/t75-,76-,77-,78-,79+,80+,81+,82+,83-,84-,85-,86-,87+,88+,89+,90+,97?,98-,99?,100+,101-,102?,103-,104-/m1/s1. The van der Waals surface area contributed by atoms with Crippen LogP contribution in [0.5, 0.6) is 0 Å². The third-order valence-corrected chi connectivity index (χ3v) is 27.9. The van der Waals surface area contributed by atoms with Crippen LogP contribution < -0.4 is 0 Å². The smallest absolute Gasteiger partial charge is 0.303 e. The summed E-state index contributed by atoms with van der Waals surface area (Å²) in [5, 5.41) is 10.8. The Labute approximate surface area is 743 Å². The van der Waals surface area contributed by atoms with Crippen LogP contribution >= 0.6 is 0 Å². The van der Waals surface area contributed by atoms with E-state index in [0.717, 1.165) is 125 Å². The monoisotopic (exact) mass is 1720 g/mol. The second-order valence-electron chi connectivity index (χ2n) is 41.5. The maximum Gasteiger partial charge on any atom is 0.303 e. The van der Waals surface area contributed by atoms with Crippen molar-refractivity contribution in [1.82, 2.24) is 0 Å². The lowest BCUT2D eigenvalue weighted by molar-refractivity contribution is -0.223. The van der Waals surface area contributed by atoms with Crippen molar-refractivity contribution in [2.45, 2.75) is 483 Å². The first-order valence-corrected chi connectivity index (χ1v) is 50.5. The zero-order valence-electron chi connectivity index (χ0n) is 82.5. The van der Waals surface area contributed by atoms with Gasteiger partial charge in [-0.1, -0.05) is 368 Å². The molecule has 0 bridgehead atoms. The molecule has 2 rings (SSSR count). The number of ether oxygens (including phenoxy) is 10. The van der Waals surface area contributed by atoms with E-state index in [9.17, 15) is 33.9 Å². The lowest BCUT2D eigenvalue weighted by Gasteiger charge is -2.38. The first kappa shape index (κ1) is 114. The van der Waals surface area contributed by atoms with Crippen LogP contribution in [0.3, 0.4) is 0 Å². The first-order chi connectivity index (χ1) is 57.5. The normalized spacial score (nSPS) is 34.6. The van der Waals surface area contributed by atoms with Crippen LogP contribution in [-0.4, -0.2) is 142 Å². The molecule has 1 saturated carbocycles. The van der Waals surface area contributed by atoms with Gasteiger partial charge in [0, 0.05) is 61.0 Å². The zero-order chi connectivity index (χ0) is 90.1. The molecule has 712 valence electrons. The maximum absolute atomic E-state index is 13.1. The molecule has 2 aliphatic rings. The molecular weight excluding hydrogens is 1520 g/mol. The molecule has 1 heterocycles. The molecule has 0 aromatic carbocycles. The Morgan fingerprint density at radius 2 is 0.545 bits per heavy atom. The van der Waals surface area contributed by atoms with Gasteiger partial charge in [-0.15, -0.1) is 0 Å². The van der Waals surface area contributed by atoms with Crippen LogP contribution in [-0.2, 0) is 76.1 Å². The molecule has 0 radical (unpaired) electrons. The average Bonchev–Trinajstić information content (AvgIpc) is 1.58. The van der Waals surface area contributed by atoms with Gasteiger partial charge in [0.2, 0.25) is 5.60 Å². The van der Waals surface area contributed by atoms with E-state index in [1.54, 1.807) is 0 Å². The van der Waals surface area contributed by atoms with Crippen molar-refractivity contribution in [1.29, 1.82) is 0 Å². The second-order valence-corrected chi connectivity index (χ2v) is 41.5. The number of aliphatic hydroxyl groups is 1. The predicted molar refractivity (Wildman–Crippen MR) is 495 cm³/mol. The molecule has 0 aromatic heterocycles. The molecular formula is C104H194O17. The van der Waals surface area contributed by atoms with Crippen LogP contribution in [0.15, 0.2) is 0 Å². The van der Waals surface area contributed by atoms with Gasteiger partial charge in [-0.25, -0.2) is 0 Å². The molecule has 0 aromatic rings. The topological polar surface area (TPSA) is 215 Å². The summed E-state index contributed by atoms with van der Waals surface area (Å²) in [6.07, 6.45) is 46.6. The zero-order valence-corrected chi connectivity index (χ0v) is 82.5. The number of carbonyl (C=O) groups is 6. The largest absolute Gasteiger partial charge is 0.461 e. The van der Waals surface area contributed by atoms with Gasteiger partial charge in [0.25, 0.3) is 0 Å². The minimum absolute atomic E-state index is 0.151. The molecule has 17 heteroatoms. The molecule has 0 amide bonds. The van der Waals surface area contributed by atoms with Gasteiger partial charge in [-0.3, -0.25) is 28.8 Å². The van der Waals surface area contributed by atoms with E-state index in [1.165, 1.54) is 258 Å². The molecule has 1 aliphatic carbocycles. The van der Waals surface area contributed by atoms with Crippen LogP contribution in [0, 0.1) is 94.7 Å². The number of aliphatic hydroxyl groups excluding tert-OH is 1. The number of hydrogen-bond acceptors (Lipinski definition) is 17. The lowest BCUT2D eigenvalue weighted by Crippen LogP contribution is -2.58. The summed E-state index contributed by atoms with van der Waals surface area (Å²) in [6, 6.07) is 0. The highest BCUT2D eigenvalue weighted by molar-refractivity contribution is 5.80. The highest BCUT2D eigenvalue weighted by Crippen LogP contribution is 2.44. The Balaban J connectivity index is 2.08. The molecule has 3 unspecified atom stereocenters. The van der Waals surface area contributed by atoms with Gasteiger partial charge in [0.15, 0.2) is 24.1 Å². The van der Waals surface area contributed by atoms with Gasteiger partial charge in [-0.2, -0.15) is 0 Å². The van der Waals surface area contributed by atoms with Gasteiger partial charge < -0.3 is 52.5 Å². The summed E-state index contributed by atoms with van der Waals surface area (Å²) in [5.74, 6) is 6.90. The molecule has 0 spiro atoms. The van der Waals surface area contributed by atoms with Crippen LogP contribution in [0.25, 0.3) is 0 Å². The molecule has 2 fully saturated rings. The molecule has 1 saturated heterocycles. The van der Waals surface area contributed by atoms with Crippen molar-refractivity contribution < 1.29 is 81.2 Å². The minimum atomic E-state index is -2.11. The molecule has 17 nitrogen and oxygen atoms in total. The fourth-order valence-corrected chi connectivity index (χ4v) is 19.0. The number of hydrogen-bond donors (Lipinski definition) is 1. The number of esters is 5. The van der Waals surface area contributed by atoms with Gasteiger partial charge in [0.1, 0.15) is 31.0 Å². The Kier molecular flexibility index (Phi) is 63.9. The number of Topliss-reactive ketones (excluding diaryl/α,β-unsaturated/α-hetero) is 1. The second kappa shape index (κ2) is 68.0. The van der Waals surface area contributed by atoms with E-state index < -0.39 is 84.8 Å². The summed E-state index contributed by atoms with van der Waals surface area (Å²) in [5.41, 5.74) is -2.11. The number of rotatable bonds is 11. The van der Waals surface area contributed by atoms with E-state index in [4.69, 9.17) is 47.4 Å². The number of carbonyl (C=O) groups excluding carboxylic acids is 6. The summed E-state index contributed by atoms with van der Waals surface area (Å²) in [4.78, 5) is 76.3. The molecule has 121 heavy (non-hydrogen) atoms. The van der Waals surface area contributed by atoms with E-state index >= 15 is 0 Å². The van der Waals surface area contributed by atoms with Gasteiger partial charge >= 0.3 is 29.8 Å². The van der Waals surface area contributed by atoms with Gasteiger partial charge in [0.05, 0.1) is 19.8 Å². The van der Waals surface area contributed by atoms with Crippen molar-refractivity contribution in [3.05, 3.63) is 0 Å². The lowest BCUT2D eigenvalue weighted by atomic mass is 9.88. The maximum atomic E-state index is 13.1. The SMILES string of the molecule is CC(=O)OC[C@@]1(OC(C)=O)C(OCC2COCC[C@@H](C)CCC[C@@H](C)CCC[C@@H](C)CCC[C@@H](C)CC[C@H](C)CCC[C@H](C)CCC[C@H](C)CCC[C@H](C)CCO[C@@H](C(O)C(C)=O)COCC[C@@H](C)CCC[C@@H](C)CCC[C@@H](C)CCC[C@@H](C)CC[C@H](C)CCC[C@H](C)CCC[C@H](C)CCC[C@H](C)CCO2)[C@@H](OC(C)=O)[C@@H](OC(C)=O)[C@H]1OC(C)=O. The van der Waals surface area contributed by atoms with Crippen molar-refractivity contribution in [2.75, 3.05) is 52.9 Å². The third-order valence-electron chi connectivity index (χ3n) is 27.9. The molecule has 1 aliphatic heterocycles. The van der Waals surface area contributed by atoms with Crippen LogP contribution in [0.2, 0.25) is 0 Å². The Morgan fingerprint density at radius 1 is 0.298 bits per heavy atom. The highest BCUT2D eigenvalue weighted by Gasteiger charge is 2.70. The van der Waals surface area contributed by atoms with E-state index in [0.29, 0.717) is 61.9 Å². The Bertz CT molecular complexity index is 2620. The molecule has 1 N–H and O–H groups in total. The fraction of sp³-hybridized carbons (Fsp3) is 0.942. The van der Waals surface area contributed by atoms with E-state index in [-0.39, 0.29) is 25.6 Å². The van der Waals surface area contributed by atoms with Crippen molar-refractivity contribution in [2.24, 2.45) is 94.7 Å². The summed E-state index contributed by atoms with van der Waals surface area (Å²) in [6.45, 7) is 47.7. The molecule has 24 atom stereocenters. The Hall–Kier alpha value is -3.22. The third kappa shape index (κ3) is 56.7. The van der Waals surface area contributed by atoms with Crippen molar-refractivity contribution >= 4 is 35.6 Å². The first-order valence-electron chi connectivity index (χ1n) is 50.5. The fourth-order valence-electron chi connectivity index (χ4n) is 19.0. The summed E-state index contributed by atoms with van der Waals surface area (Å²) in [7, 11) is 0. The summed E-state index contributed by atoms with van der Waals surface area (Å²) >= 11 is 0. The van der Waals surface area contributed by atoms with Crippen LogP contribution in [0.4, 0.5) is 0 Å². The van der Waals surface area contributed by atoms with E-state index in [1.807, 2.05) is 0 Å². The van der Waals surface area contributed by atoms with Crippen molar-refractivity contribution in [3.63, 3.8) is 0 Å².